The minimum atomic E-state index is -3.62. The van der Waals surface area contributed by atoms with E-state index in [0.717, 1.165) is 11.1 Å². The number of hydrogen-bond acceptors (Lipinski definition) is 3. The number of nitrogens with one attached hydrogen (secondary N) is 1. The monoisotopic (exact) mass is 344 g/mol. The van der Waals surface area contributed by atoms with E-state index in [2.05, 4.69) is 5.32 Å². The van der Waals surface area contributed by atoms with Crippen molar-refractivity contribution in [2.75, 3.05) is 11.4 Å². The molecule has 2 aromatic carbocycles. The van der Waals surface area contributed by atoms with Crippen LogP contribution in [0.4, 0.5) is 5.69 Å². The molecule has 0 saturated carbocycles. The second-order valence-corrected chi connectivity index (χ2v) is 7.90. The van der Waals surface area contributed by atoms with Gasteiger partial charge >= 0.3 is 0 Å². The molecule has 6 heteroatoms. The Morgan fingerprint density at radius 3 is 2.46 bits per heavy atom. The highest BCUT2D eigenvalue weighted by Gasteiger charge is 2.36. The predicted molar refractivity (Wildman–Crippen MR) is 93.8 cm³/mol. The van der Waals surface area contributed by atoms with Gasteiger partial charge in [0.25, 0.3) is 15.9 Å². The largest absolute Gasteiger partial charge is 0.355 e. The molecule has 1 aliphatic rings. The number of rotatable bonds is 3. The van der Waals surface area contributed by atoms with Crippen molar-refractivity contribution >= 4 is 21.6 Å². The van der Waals surface area contributed by atoms with Crippen LogP contribution >= 0.6 is 0 Å². The highest BCUT2D eigenvalue weighted by molar-refractivity contribution is 7.92. The van der Waals surface area contributed by atoms with Crippen molar-refractivity contribution in [2.24, 2.45) is 0 Å². The molecule has 0 fully saturated rings. The predicted octanol–water partition coefficient (Wildman–Crippen LogP) is 2.49. The lowest BCUT2D eigenvalue weighted by atomic mass is 10.1. The van der Waals surface area contributed by atoms with E-state index in [-0.39, 0.29) is 16.8 Å². The molecule has 0 bridgehead atoms. The van der Waals surface area contributed by atoms with Gasteiger partial charge in [0, 0.05) is 18.7 Å². The Bertz CT molecular complexity index is 889. The average molecular weight is 344 g/mol. The third-order valence-corrected chi connectivity index (χ3v) is 6.24. The Hall–Kier alpha value is -2.34. The molecule has 1 aliphatic heterocycles. The van der Waals surface area contributed by atoms with E-state index in [1.807, 2.05) is 13.8 Å². The highest BCUT2D eigenvalue weighted by Crippen LogP contribution is 2.37. The van der Waals surface area contributed by atoms with Crippen molar-refractivity contribution in [3.63, 3.8) is 0 Å². The molecule has 0 aromatic heterocycles. The van der Waals surface area contributed by atoms with Crippen LogP contribution in [0.5, 0.6) is 0 Å². The second-order valence-electron chi connectivity index (χ2n) is 6.09. The number of nitrogens with zero attached hydrogens (tertiary/aromatic N) is 1. The van der Waals surface area contributed by atoms with E-state index in [9.17, 15) is 13.2 Å². The van der Waals surface area contributed by atoms with Crippen molar-refractivity contribution in [1.82, 2.24) is 5.32 Å². The molecule has 2 aromatic rings. The van der Waals surface area contributed by atoms with Gasteiger partial charge in [0.2, 0.25) is 0 Å². The van der Waals surface area contributed by atoms with E-state index in [4.69, 9.17) is 0 Å². The Kier molecular flexibility index (Phi) is 4.09. The molecule has 3 rings (SSSR count). The molecular formula is C18H20N2O3S. The van der Waals surface area contributed by atoms with Gasteiger partial charge in [-0.3, -0.25) is 9.10 Å². The fraction of sp³-hybridized carbons (Fsp3) is 0.278. The molecule has 24 heavy (non-hydrogen) atoms. The highest BCUT2D eigenvalue weighted by atomic mass is 32.2. The minimum absolute atomic E-state index is 0.176. The molecule has 1 atom stereocenters. The van der Waals surface area contributed by atoms with Gasteiger partial charge in [-0.15, -0.1) is 0 Å². The zero-order chi connectivity index (χ0) is 17.5. The standard InChI is InChI=1S/C18H20N2O3S/c1-12-4-7-16(8-5-12)24(22,23)20-13(2)10-15-11-14(18(21)19-3)6-9-17(15)20/h4-9,11,13H,10H2,1-3H3,(H,19,21)/t13-/m0/s1. The van der Waals surface area contributed by atoms with E-state index < -0.39 is 10.0 Å². The maximum Gasteiger partial charge on any atom is 0.264 e. The lowest BCUT2D eigenvalue weighted by molar-refractivity contribution is 0.0963. The second kappa shape index (κ2) is 5.94. The smallest absolute Gasteiger partial charge is 0.264 e. The average Bonchev–Trinajstić information content (AvgIpc) is 2.89. The first-order valence-electron chi connectivity index (χ1n) is 7.80. The van der Waals surface area contributed by atoms with Crippen molar-refractivity contribution in [1.29, 1.82) is 0 Å². The van der Waals surface area contributed by atoms with E-state index in [1.165, 1.54) is 4.31 Å². The Balaban J connectivity index is 2.05. The maximum atomic E-state index is 13.0. The summed E-state index contributed by atoms with van der Waals surface area (Å²) in [5.74, 6) is -0.176. The van der Waals surface area contributed by atoms with E-state index in [0.29, 0.717) is 17.7 Å². The lowest BCUT2D eigenvalue weighted by Crippen LogP contribution is -2.35. The quantitative estimate of drug-likeness (QED) is 0.930. The van der Waals surface area contributed by atoms with Gasteiger partial charge in [0.05, 0.1) is 10.6 Å². The fourth-order valence-electron chi connectivity index (χ4n) is 3.08. The summed E-state index contributed by atoms with van der Waals surface area (Å²) < 4.78 is 27.5. The van der Waals surface area contributed by atoms with Crippen LogP contribution in [0.25, 0.3) is 0 Å². The first-order chi connectivity index (χ1) is 11.3. The van der Waals surface area contributed by atoms with Gasteiger partial charge in [-0.2, -0.15) is 0 Å². The lowest BCUT2D eigenvalue weighted by Gasteiger charge is -2.24. The summed E-state index contributed by atoms with van der Waals surface area (Å²) in [6.07, 6.45) is 0.589. The summed E-state index contributed by atoms with van der Waals surface area (Å²) in [4.78, 5) is 12.1. The number of fused-ring (bicyclic) bond motifs is 1. The van der Waals surface area contributed by atoms with Crippen LogP contribution in [0.3, 0.4) is 0 Å². The Morgan fingerprint density at radius 1 is 1.17 bits per heavy atom. The van der Waals surface area contributed by atoms with Crippen molar-refractivity contribution in [3.8, 4) is 0 Å². The van der Waals surface area contributed by atoms with Crippen LogP contribution < -0.4 is 9.62 Å². The molecule has 1 N–H and O–H groups in total. The van der Waals surface area contributed by atoms with Crippen molar-refractivity contribution in [3.05, 3.63) is 59.2 Å². The third-order valence-electron chi connectivity index (χ3n) is 4.30. The molecule has 1 amide bonds. The molecule has 126 valence electrons. The molecule has 0 spiro atoms. The number of carbonyl (C=O) groups is 1. The van der Waals surface area contributed by atoms with Crippen molar-refractivity contribution in [2.45, 2.75) is 31.2 Å². The summed E-state index contributed by atoms with van der Waals surface area (Å²) in [5.41, 5.74) is 3.08. The summed E-state index contributed by atoms with van der Waals surface area (Å²) >= 11 is 0. The molecule has 0 unspecified atom stereocenters. The molecule has 1 heterocycles. The summed E-state index contributed by atoms with van der Waals surface area (Å²) in [5, 5.41) is 2.59. The first kappa shape index (κ1) is 16.5. The Morgan fingerprint density at radius 2 is 1.83 bits per heavy atom. The summed E-state index contributed by atoms with van der Waals surface area (Å²) in [6, 6.07) is 11.8. The Labute approximate surface area is 142 Å². The van der Waals surface area contributed by atoms with Gasteiger partial charge in [-0.25, -0.2) is 8.42 Å². The third kappa shape index (κ3) is 2.67. The van der Waals surface area contributed by atoms with Gasteiger partial charge in [-0.1, -0.05) is 17.7 Å². The number of benzene rings is 2. The van der Waals surface area contributed by atoms with Crippen molar-refractivity contribution < 1.29 is 13.2 Å². The van der Waals surface area contributed by atoms with Crippen LogP contribution in [0.15, 0.2) is 47.4 Å². The molecule has 0 aliphatic carbocycles. The SMILES string of the molecule is CNC(=O)c1ccc2c(c1)C[C@H](C)N2S(=O)(=O)c1ccc(C)cc1. The normalized spacial score (nSPS) is 16.8. The number of amides is 1. The zero-order valence-electron chi connectivity index (χ0n) is 13.9. The molecule has 0 saturated heterocycles. The number of sulfonamides is 1. The number of anilines is 1. The van der Waals surface area contributed by atoms with Gasteiger partial charge in [-0.05, 0) is 56.2 Å². The van der Waals surface area contributed by atoms with Crippen LogP contribution in [0, 0.1) is 6.92 Å². The first-order valence-corrected chi connectivity index (χ1v) is 9.24. The van der Waals surface area contributed by atoms with Gasteiger partial charge in [0.15, 0.2) is 0 Å². The van der Waals surface area contributed by atoms with Crippen LogP contribution in [-0.4, -0.2) is 27.4 Å². The molecular weight excluding hydrogens is 324 g/mol. The van der Waals surface area contributed by atoms with Crippen LogP contribution in [0.1, 0.15) is 28.4 Å². The topological polar surface area (TPSA) is 66.5 Å². The molecule has 5 nitrogen and oxygen atoms in total. The minimum Gasteiger partial charge on any atom is -0.355 e. The summed E-state index contributed by atoms with van der Waals surface area (Å²) in [6.45, 7) is 3.80. The number of carbonyl (C=O) groups excluding carboxylic acids is 1. The van der Waals surface area contributed by atoms with Crippen LogP contribution in [-0.2, 0) is 16.4 Å². The zero-order valence-corrected chi connectivity index (χ0v) is 14.7. The number of aryl methyl sites for hydroxylation is 1. The van der Waals surface area contributed by atoms with Gasteiger partial charge in [0.1, 0.15) is 0 Å². The summed E-state index contributed by atoms with van der Waals surface area (Å²) in [7, 11) is -2.05. The van der Waals surface area contributed by atoms with Gasteiger partial charge < -0.3 is 5.32 Å². The fourth-order valence-corrected chi connectivity index (χ4v) is 4.77. The van der Waals surface area contributed by atoms with Crippen LogP contribution in [0.2, 0.25) is 0 Å². The van der Waals surface area contributed by atoms with E-state index in [1.54, 1.807) is 49.5 Å². The maximum absolute atomic E-state index is 13.0. The number of hydrogen-bond donors (Lipinski definition) is 1. The molecule has 0 radical (unpaired) electrons. The van der Waals surface area contributed by atoms with E-state index >= 15 is 0 Å².